The number of rotatable bonds is 3. The third-order valence-corrected chi connectivity index (χ3v) is 5.58. The molecule has 0 spiro atoms. The standard InChI is InChI=1S/C14H25NO2S/c1-2-12-11-15(8-9-18-12)13(16)10-14(17)6-4-3-5-7-14/h12,17H,2-11H2,1H3. The Labute approximate surface area is 114 Å². The Morgan fingerprint density at radius 2 is 2.11 bits per heavy atom. The number of nitrogens with zero attached hydrogens (tertiary/aromatic N) is 1. The van der Waals surface area contributed by atoms with Crippen molar-refractivity contribution in [3.8, 4) is 0 Å². The quantitative estimate of drug-likeness (QED) is 0.857. The lowest BCUT2D eigenvalue weighted by Gasteiger charge is -2.36. The average molecular weight is 271 g/mol. The van der Waals surface area contributed by atoms with Gasteiger partial charge in [-0.15, -0.1) is 0 Å². The summed E-state index contributed by atoms with van der Waals surface area (Å²) < 4.78 is 0. The van der Waals surface area contributed by atoms with Crippen molar-refractivity contribution in [1.29, 1.82) is 0 Å². The number of aliphatic hydroxyl groups is 1. The van der Waals surface area contributed by atoms with Crippen LogP contribution in [0.25, 0.3) is 0 Å². The fraction of sp³-hybridized carbons (Fsp3) is 0.929. The Hall–Kier alpha value is -0.220. The number of amides is 1. The van der Waals surface area contributed by atoms with Crippen molar-refractivity contribution >= 4 is 17.7 Å². The Morgan fingerprint density at radius 1 is 1.39 bits per heavy atom. The first-order valence-corrected chi connectivity index (χ1v) is 8.29. The maximum atomic E-state index is 12.3. The van der Waals surface area contributed by atoms with E-state index in [2.05, 4.69) is 6.92 Å². The van der Waals surface area contributed by atoms with Crippen molar-refractivity contribution in [3.05, 3.63) is 0 Å². The van der Waals surface area contributed by atoms with Crippen molar-refractivity contribution in [2.24, 2.45) is 0 Å². The summed E-state index contributed by atoms with van der Waals surface area (Å²) in [6, 6.07) is 0. The largest absolute Gasteiger partial charge is 0.389 e. The van der Waals surface area contributed by atoms with Gasteiger partial charge in [-0.05, 0) is 19.3 Å². The van der Waals surface area contributed by atoms with E-state index in [-0.39, 0.29) is 5.91 Å². The van der Waals surface area contributed by atoms with Gasteiger partial charge in [0.15, 0.2) is 0 Å². The van der Waals surface area contributed by atoms with Crippen molar-refractivity contribution in [1.82, 2.24) is 4.90 Å². The van der Waals surface area contributed by atoms with E-state index >= 15 is 0 Å². The minimum absolute atomic E-state index is 0.165. The number of carbonyl (C=O) groups excluding carboxylic acids is 1. The first-order valence-electron chi connectivity index (χ1n) is 7.25. The summed E-state index contributed by atoms with van der Waals surface area (Å²) >= 11 is 1.97. The molecule has 1 heterocycles. The molecule has 2 rings (SSSR count). The minimum atomic E-state index is -0.707. The molecular weight excluding hydrogens is 246 g/mol. The molecule has 1 unspecified atom stereocenters. The van der Waals surface area contributed by atoms with E-state index in [1.54, 1.807) is 0 Å². The summed E-state index contributed by atoms with van der Waals surface area (Å²) in [6.45, 7) is 3.91. The van der Waals surface area contributed by atoms with E-state index in [0.29, 0.717) is 11.7 Å². The molecule has 0 aromatic heterocycles. The zero-order valence-electron chi connectivity index (χ0n) is 11.4. The third-order valence-electron chi connectivity index (χ3n) is 4.21. The monoisotopic (exact) mass is 271 g/mol. The second-order valence-corrected chi connectivity index (χ2v) is 7.11. The second kappa shape index (κ2) is 6.29. The van der Waals surface area contributed by atoms with Gasteiger partial charge in [0, 0.05) is 24.1 Å². The van der Waals surface area contributed by atoms with Crippen molar-refractivity contribution in [2.75, 3.05) is 18.8 Å². The lowest BCUT2D eigenvalue weighted by atomic mass is 9.82. The first kappa shape index (κ1) is 14.2. The Bertz CT molecular complexity index is 290. The van der Waals surface area contributed by atoms with E-state index in [4.69, 9.17) is 0 Å². The smallest absolute Gasteiger partial charge is 0.225 e. The molecule has 1 aliphatic heterocycles. The third kappa shape index (κ3) is 3.64. The van der Waals surface area contributed by atoms with Gasteiger partial charge in [0.05, 0.1) is 12.0 Å². The molecule has 0 aromatic rings. The Morgan fingerprint density at radius 3 is 2.78 bits per heavy atom. The normalized spacial score (nSPS) is 28.1. The SMILES string of the molecule is CCC1CN(C(=O)CC2(O)CCCCC2)CCS1. The number of hydrogen-bond acceptors (Lipinski definition) is 3. The molecule has 1 saturated heterocycles. The predicted molar refractivity (Wildman–Crippen MR) is 75.8 cm³/mol. The van der Waals surface area contributed by atoms with Crippen LogP contribution in [-0.4, -0.2) is 45.6 Å². The zero-order chi connectivity index (χ0) is 13.0. The average Bonchev–Trinajstić information content (AvgIpc) is 2.39. The predicted octanol–water partition coefficient (Wildman–Crippen LogP) is 2.43. The number of carbonyl (C=O) groups is 1. The highest BCUT2D eigenvalue weighted by molar-refractivity contribution is 8.00. The molecule has 2 aliphatic rings. The molecule has 3 nitrogen and oxygen atoms in total. The second-order valence-electron chi connectivity index (χ2n) is 5.70. The first-order chi connectivity index (χ1) is 8.63. The molecule has 104 valence electrons. The van der Waals surface area contributed by atoms with Gasteiger partial charge in [-0.2, -0.15) is 11.8 Å². The van der Waals surface area contributed by atoms with Crippen LogP contribution in [0.1, 0.15) is 51.9 Å². The molecule has 1 amide bonds. The summed E-state index contributed by atoms with van der Waals surface area (Å²) in [5.74, 6) is 1.21. The van der Waals surface area contributed by atoms with E-state index in [1.807, 2.05) is 16.7 Å². The highest BCUT2D eigenvalue weighted by Crippen LogP contribution is 2.32. The maximum absolute atomic E-state index is 12.3. The molecule has 1 N–H and O–H groups in total. The van der Waals surface area contributed by atoms with Crippen LogP contribution >= 0.6 is 11.8 Å². The van der Waals surface area contributed by atoms with E-state index < -0.39 is 5.60 Å². The van der Waals surface area contributed by atoms with Crippen LogP contribution in [0.4, 0.5) is 0 Å². The van der Waals surface area contributed by atoms with E-state index in [9.17, 15) is 9.90 Å². The number of thioether (sulfide) groups is 1. The molecule has 0 aromatic carbocycles. The molecule has 1 aliphatic carbocycles. The Kier molecular flexibility index (Phi) is 4.96. The molecule has 1 atom stereocenters. The van der Waals surface area contributed by atoms with Gasteiger partial charge in [0.1, 0.15) is 0 Å². The van der Waals surface area contributed by atoms with Gasteiger partial charge in [0.2, 0.25) is 5.91 Å². The fourth-order valence-electron chi connectivity index (χ4n) is 2.97. The van der Waals surface area contributed by atoms with Crippen LogP contribution in [0.5, 0.6) is 0 Å². The molecule has 0 bridgehead atoms. The Balaban J connectivity index is 1.86. The topological polar surface area (TPSA) is 40.5 Å². The van der Waals surface area contributed by atoms with Gasteiger partial charge in [-0.1, -0.05) is 26.2 Å². The van der Waals surface area contributed by atoms with Crippen LogP contribution in [0.3, 0.4) is 0 Å². The van der Waals surface area contributed by atoms with Crippen molar-refractivity contribution in [2.45, 2.75) is 62.7 Å². The van der Waals surface area contributed by atoms with Crippen LogP contribution < -0.4 is 0 Å². The molecule has 18 heavy (non-hydrogen) atoms. The zero-order valence-corrected chi connectivity index (χ0v) is 12.2. The van der Waals surface area contributed by atoms with Gasteiger partial charge in [-0.3, -0.25) is 4.79 Å². The van der Waals surface area contributed by atoms with Gasteiger partial charge < -0.3 is 10.0 Å². The molecular formula is C14H25NO2S. The van der Waals surface area contributed by atoms with E-state index in [0.717, 1.165) is 50.9 Å². The van der Waals surface area contributed by atoms with Gasteiger partial charge >= 0.3 is 0 Å². The van der Waals surface area contributed by atoms with Gasteiger partial charge in [0.25, 0.3) is 0 Å². The van der Waals surface area contributed by atoms with Crippen molar-refractivity contribution in [3.63, 3.8) is 0 Å². The lowest BCUT2D eigenvalue weighted by Crippen LogP contribution is -2.45. The van der Waals surface area contributed by atoms with Gasteiger partial charge in [-0.25, -0.2) is 0 Å². The summed E-state index contributed by atoms with van der Waals surface area (Å²) in [4.78, 5) is 14.3. The maximum Gasteiger partial charge on any atom is 0.225 e. The molecule has 0 radical (unpaired) electrons. The summed E-state index contributed by atoms with van der Waals surface area (Å²) in [5.41, 5.74) is -0.707. The van der Waals surface area contributed by atoms with Crippen molar-refractivity contribution < 1.29 is 9.90 Å². The van der Waals surface area contributed by atoms with Crippen LogP contribution in [0.15, 0.2) is 0 Å². The molecule has 4 heteroatoms. The fourth-order valence-corrected chi connectivity index (χ4v) is 4.15. The molecule has 1 saturated carbocycles. The lowest BCUT2D eigenvalue weighted by molar-refractivity contribution is -0.137. The summed E-state index contributed by atoms with van der Waals surface area (Å²) in [5, 5.41) is 11.0. The molecule has 2 fully saturated rings. The highest BCUT2D eigenvalue weighted by Gasteiger charge is 2.34. The van der Waals surface area contributed by atoms with Crippen LogP contribution in [-0.2, 0) is 4.79 Å². The summed E-state index contributed by atoms with van der Waals surface area (Å²) in [7, 11) is 0. The minimum Gasteiger partial charge on any atom is -0.389 e. The van der Waals surface area contributed by atoms with E-state index in [1.165, 1.54) is 6.42 Å². The van der Waals surface area contributed by atoms with Crippen LogP contribution in [0.2, 0.25) is 0 Å². The summed E-state index contributed by atoms with van der Waals surface area (Å²) in [6.07, 6.45) is 6.41. The highest BCUT2D eigenvalue weighted by atomic mass is 32.2. The number of hydrogen-bond donors (Lipinski definition) is 1. The van der Waals surface area contributed by atoms with Crippen LogP contribution in [0, 0.1) is 0 Å².